The lowest BCUT2D eigenvalue weighted by molar-refractivity contribution is -0.116. The zero-order chi connectivity index (χ0) is 19.8. The van der Waals surface area contributed by atoms with Crippen molar-refractivity contribution in [1.29, 1.82) is 0 Å². The van der Waals surface area contributed by atoms with Crippen LogP contribution in [0.4, 0.5) is 10.1 Å². The summed E-state index contributed by atoms with van der Waals surface area (Å²) < 4.78 is 13.3. The summed E-state index contributed by atoms with van der Waals surface area (Å²) in [5.41, 5.74) is 7.07. The molecule has 0 aliphatic carbocycles. The van der Waals surface area contributed by atoms with Gasteiger partial charge in [0.1, 0.15) is 12.0 Å². The van der Waals surface area contributed by atoms with E-state index < -0.39 is 6.23 Å². The number of hydrogen-bond donors (Lipinski definition) is 2. The summed E-state index contributed by atoms with van der Waals surface area (Å²) in [6, 6.07) is 10.5. The van der Waals surface area contributed by atoms with E-state index in [1.54, 1.807) is 17.0 Å². The first-order chi connectivity index (χ1) is 13.4. The summed E-state index contributed by atoms with van der Waals surface area (Å²) in [7, 11) is 1.85. The predicted octanol–water partition coefficient (Wildman–Crippen LogP) is 3.85. The third kappa shape index (κ3) is 3.45. The molecule has 0 radical (unpaired) electrons. The largest absolute Gasteiger partial charge is 0.370 e. The summed E-state index contributed by atoms with van der Waals surface area (Å²) >= 11 is 0. The number of nitrogens with one attached hydrogen (secondary N) is 1. The van der Waals surface area contributed by atoms with E-state index in [1.807, 2.05) is 38.4 Å². The fraction of sp³-hybridized carbons (Fsp3) is 0.261. The molecule has 2 heterocycles. The number of fused-ring (bicyclic) bond motifs is 1. The summed E-state index contributed by atoms with van der Waals surface area (Å²) in [5.74, 6) is -0.223. The number of carbonyl (C=O) groups excluding carboxylic acids is 1. The number of allylic oxidation sites excluding steroid dienone is 2. The Balaban J connectivity index is 1.83. The van der Waals surface area contributed by atoms with E-state index in [2.05, 4.69) is 5.32 Å². The van der Waals surface area contributed by atoms with Crippen LogP contribution in [0.25, 0.3) is 5.57 Å². The molecule has 2 aliphatic heterocycles. The molecule has 1 amide bonds. The fourth-order valence-electron chi connectivity index (χ4n) is 3.94. The number of carbonyl (C=O) groups is 1. The average molecular weight is 378 g/mol. The minimum atomic E-state index is -0.624. The van der Waals surface area contributed by atoms with Crippen molar-refractivity contribution in [3.8, 4) is 0 Å². The first kappa shape index (κ1) is 18.4. The monoisotopic (exact) mass is 378 g/mol. The Kier molecular flexibility index (Phi) is 4.77. The van der Waals surface area contributed by atoms with Gasteiger partial charge in [0.05, 0.1) is 0 Å². The molecule has 0 saturated heterocycles. The zero-order valence-electron chi connectivity index (χ0n) is 16.0. The molecule has 28 heavy (non-hydrogen) atoms. The van der Waals surface area contributed by atoms with Crippen LogP contribution in [-0.2, 0) is 17.6 Å². The normalized spacial score (nSPS) is 18.9. The molecule has 144 valence electrons. The number of nitrogens with zero attached hydrogens (tertiary/aromatic N) is 1. The van der Waals surface area contributed by atoms with Crippen LogP contribution in [0.15, 0.2) is 54.2 Å². The molecular formula is C23H23FN2O2. The van der Waals surface area contributed by atoms with Gasteiger partial charge in [0.2, 0.25) is 5.91 Å². The van der Waals surface area contributed by atoms with Crippen LogP contribution >= 0.6 is 0 Å². The van der Waals surface area contributed by atoms with Gasteiger partial charge in [-0.3, -0.25) is 4.79 Å². The van der Waals surface area contributed by atoms with Crippen molar-refractivity contribution in [3.05, 3.63) is 82.3 Å². The number of aliphatic hydroxyl groups excluding tert-OH is 1. The Morgan fingerprint density at radius 1 is 1.18 bits per heavy atom. The number of likely N-dealkylation sites (N-methyl/N-ethyl adjacent to an activating group) is 1. The number of benzene rings is 2. The lowest BCUT2D eigenvalue weighted by Gasteiger charge is -2.30. The van der Waals surface area contributed by atoms with Crippen LogP contribution in [0.1, 0.15) is 35.6 Å². The molecule has 2 N–H and O–H groups in total. The van der Waals surface area contributed by atoms with E-state index in [0.717, 1.165) is 39.1 Å². The first-order valence-corrected chi connectivity index (χ1v) is 9.42. The first-order valence-electron chi connectivity index (χ1n) is 9.42. The van der Waals surface area contributed by atoms with Crippen LogP contribution in [0.2, 0.25) is 0 Å². The second-order valence-electron chi connectivity index (χ2n) is 7.48. The molecule has 2 aromatic rings. The Morgan fingerprint density at radius 3 is 2.64 bits per heavy atom. The van der Waals surface area contributed by atoms with Gasteiger partial charge >= 0.3 is 0 Å². The van der Waals surface area contributed by atoms with Gasteiger partial charge in [-0.15, -0.1) is 0 Å². The summed E-state index contributed by atoms with van der Waals surface area (Å²) in [6.45, 7) is 1.91. The van der Waals surface area contributed by atoms with E-state index in [0.29, 0.717) is 19.3 Å². The Morgan fingerprint density at radius 2 is 1.93 bits per heavy atom. The molecule has 4 nitrogen and oxygen atoms in total. The molecule has 2 aliphatic rings. The van der Waals surface area contributed by atoms with Gasteiger partial charge in [-0.25, -0.2) is 4.39 Å². The molecule has 0 bridgehead atoms. The Hall–Kier alpha value is -2.92. The molecule has 0 aromatic heterocycles. The minimum absolute atomic E-state index is 0.0310. The number of anilines is 1. The fourth-order valence-corrected chi connectivity index (χ4v) is 3.94. The summed E-state index contributed by atoms with van der Waals surface area (Å²) in [4.78, 5) is 13.6. The van der Waals surface area contributed by atoms with E-state index in [-0.39, 0.29) is 11.7 Å². The SMILES string of the molecule is CC1=CC(c2ccc3c(c2Cc2ccc(F)cc2)CCC(=O)N3)=CN(C)C1O. The summed E-state index contributed by atoms with van der Waals surface area (Å²) in [6.07, 6.45) is 5.10. The quantitative estimate of drug-likeness (QED) is 0.853. The van der Waals surface area contributed by atoms with Crippen molar-refractivity contribution < 1.29 is 14.3 Å². The smallest absolute Gasteiger partial charge is 0.224 e. The topological polar surface area (TPSA) is 52.6 Å². The molecule has 4 rings (SSSR count). The maximum atomic E-state index is 13.3. The standard InChI is InChI=1S/C23H23FN2O2/c1-14-11-16(13-26(2)23(14)28)18-7-9-21-19(8-10-22(27)25-21)20(18)12-15-3-5-17(24)6-4-15/h3-7,9,11,13,23,28H,8,10,12H2,1-2H3,(H,25,27). The molecule has 5 heteroatoms. The predicted molar refractivity (Wildman–Crippen MR) is 108 cm³/mol. The van der Waals surface area contributed by atoms with Gasteiger partial charge in [0, 0.05) is 25.4 Å². The van der Waals surface area contributed by atoms with Gasteiger partial charge in [-0.1, -0.05) is 18.2 Å². The minimum Gasteiger partial charge on any atom is -0.370 e. The van der Waals surface area contributed by atoms with Crippen LogP contribution in [0.5, 0.6) is 0 Å². The van der Waals surface area contributed by atoms with Crippen molar-refractivity contribution in [1.82, 2.24) is 4.90 Å². The van der Waals surface area contributed by atoms with Gasteiger partial charge < -0.3 is 15.3 Å². The third-order valence-corrected chi connectivity index (χ3v) is 5.43. The maximum Gasteiger partial charge on any atom is 0.224 e. The highest BCUT2D eigenvalue weighted by molar-refractivity contribution is 5.95. The lowest BCUT2D eigenvalue weighted by Crippen LogP contribution is -2.30. The van der Waals surface area contributed by atoms with Crippen LogP contribution < -0.4 is 5.32 Å². The van der Waals surface area contributed by atoms with E-state index in [9.17, 15) is 14.3 Å². The van der Waals surface area contributed by atoms with Crippen molar-refractivity contribution >= 4 is 17.2 Å². The Labute approximate surface area is 164 Å². The highest BCUT2D eigenvalue weighted by Crippen LogP contribution is 2.35. The second-order valence-corrected chi connectivity index (χ2v) is 7.48. The number of hydrogen-bond acceptors (Lipinski definition) is 3. The number of amides is 1. The van der Waals surface area contributed by atoms with Crippen molar-refractivity contribution in [2.24, 2.45) is 0 Å². The van der Waals surface area contributed by atoms with Crippen molar-refractivity contribution in [2.75, 3.05) is 12.4 Å². The highest BCUT2D eigenvalue weighted by atomic mass is 19.1. The zero-order valence-corrected chi connectivity index (χ0v) is 16.0. The molecule has 1 atom stereocenters. The number of halogens is 1. The van der Waals surface area contributed by atoms with E-state index >= 15 is 0 Å². The molecule has 0 fully saturated rings. The maximum absolute atomic E-state index is 13.3. The van der Waals surface area contributed by atoms with Crippen molar-refractivity contribution in [2.45, 2.75) is 32.4 Å². The number of rotatable bonds is 3. The van der Waals surface area contributed by atoms with E-state index in [4.69, 9.17) is 0 Å². The number of aliphatic hydroxyl groups is 1. The van der Waals surface area contributed by atoms with Crippen LogP contribution in [0, 0.1) is 5.82 Å². The second kappa shape index (κ2) is 7.24. The van der Waals surface area contributed by atoms with Gasteiger partial charge in [0.15, 0.2) is 0 Å². The van der Waals surface area contributed by atoms with Gasteiger partial charge in [0.25, 0.3) is 0 Å². The average Bonchev–Trinajstić information content (AvgIpc) is 2.67. The molecule has 0 saturated carbocycles. The van der Waals surface area contributed by atoms with Gasteiger partial charge in [-0.2, -0.15) is 0 Å². The molecule has 0 spiro atoms. The highest BCUT2D eigenvalue weighted by Gasteiger charge is 2.23. The van der Waals surface area contributed by atoms with Crippen LogP contribution in [0.3, 0.4) is 0 Å². The van der Waals surface area contributed by atoms with Gasteiger partial charge in [-0.05, 0) is 77.4 Å². The third-order valence-electron chi connectivity index (χ3n) is 5.43. The molecular weight excluding hydrogens is 355 g/mol. The summed E-state index contributed by atoms with van der Waals surface area (Å²) in [5, 5.41) is 13.2. The Bertz CT molecular complexity index is 992. The van der Waals surface area contributed by atoms with E-state index in [1.165, 1.54) is 12.1 Å². The van der Waals surface area contributed by atoms with Crippen LogP contribution in [-0.4, -0.2) is 29.2 Å². The molecule has 1 unspecified atom stereocenters. The molecule has 2 aromatic carbocycles. The van der Waals surface area contributed by atoms with Crippen molar-refractivity contribution in [3.63, 3.8) is 0 Å². The lowest BCUT2D eigenvalue weighted by atomic mass is 9.86.